The number of hydrogen-bond donors (Lipinski definition) is 2. The van der Waals surface area contributed by atoms with Gasteiger partial charge in [-0.1, -0.05) is 17.7 Å². The van der Waals surface area contributed by atoms with Gasteiger partial charge in [0.05, 0.1) is 10.6 Å². The van der Waals surface area contributed by atoms with Gasteiger partial charge in [-0.2, -0.15) is 13.2 Å². The van der Waals surface area contributed by atoms with Gasteiger partial charge in [-0.3, -0.25) is 9.78 Å². The Bertz CT molecular complexity index is 1280. The summed E-state index contributed by atoms with van der Waals surface area (Å²) >= 11 is 5.65. The number of rotatable bonds is 4. The van der Waals surface area contributed by atoms with Gasteiger partial charge in [0.15, 0.2) is 0 Å². The molecular formula is C24H20ClF3N4O3. The summed E-state index contributed by atoms with van der Waals surface area (Å²) < 4.78 is 45.2. The minimum absolute atomic E-state index is 0.000728. The number of carbonyl (C=O) groups excluding carboxylic acids is 2. The van der Waals surface area contributed by atoms with Crippen molar-refractivity contribution in [2.75, 3.05) is 18.9 Å². The molecule has 0 unspecified atom stereocenters. The first kappa shape index (κ1) is 24.3. The molecule has 0 bridgehead atoms. The Labute approximate surface area is 203 Å². The van der Waals surface area contributed by atoms with Crippen LogP contribution in [-0.4, -0.2) is 35.4 Å². The van der Waals surface area contributed by atoms with Crippen LogP contribution in [-0.2, 0) is 19.1 Å². The number of fused-ring (bicyclic) bond motifs is 1. The van der Waals surface area contributed by atoms with Crippen LogP contribution in [0.2, 0.25) is 5.02 Å². The van der Waals surface area contributed by atoms with Crippen molar-refractivity contribution in [2.24, 2.45) is 0 Å². The largest absolute Gasteiger partial charge is 0.457 e. The zero-order valence-electron chi connectivity index (χ0n) is 18.4. The van der Waals surface area contributed by atoms with Crippen molar-refractivity contribution in [2.45, 2.75) is 19.1 Å². The lowest BCUT2D eigenvalue weighted by Crippen LogP contribution is -2.38. The molecule has 0 saturated carbocycles. The fourth-order valence-electron chi connectivity index (χ4n) is 3.66. The lowest BCUT2D eigenvalue weighted by Gasteiger charge is -2.29. The van der Waals surface area contributed by atoms with Crippen LogP contribution in [0.5, 0.6) is 11.5 Å². The van der Waals surface area contributed by atoms with E-state index in [0.29, 0.717) is 24.5 Å². The van der Waals surface area contributed by atoms with Crippen molar-refractivity contribution >= 4 is 29.2 Å². The maximum absolute atomic E-state index is 13.1. The van der Waals surface area contributed by atoms with Crippen molar-refractivity contribution < 1.29 is 27.5 Å². The van der Waals surface area contributed by atoms with Gasteiger partial charge >= 0.3 is 12.2 Å². The van der Waals surface area contributed by atoms with Crippen LogP contribution in [0.3, 0.4) is 0 Å². The summed E-state index contributed by atoms with van der Waals surface area (Å²) in [6, 6.07) is 11.3. The average Bonchev–Trinajstić information content (AvgIpc) is 2.83. The fourth-order valence-corrected chi connectivity index (χ4v) is 3.88. The molecule has 4 rings (SSSR count). The van der Waals surface area contributed by atoms with E-state index in [1.807, 2.05) is 6.07 Å². The highest BCUT2D eigenvalue weighted by atomic mass is 35.5. The molecule has 1 aromatic heterocycles. The van der Waals surface area contributed by atoms with Gasteiger partial charge in [-0.25, -0.2) is 4.79 Å². The highest BCUT2D eigenvalue weighted by molar-refractivity contribution is 6.31. The number of amides is 3. The van der Waals surface area contributed by atoms with E-state index in [2.05, 4.69) is 15.6 Å². The number of benzene rings is 2. The molecule has 182 valence electrons. The van der Waals surface area contributed by atoms with Crippen molar-refractivity contribution in [3.05, 3.63) is 82.1 Å². The Balaban J connectivity index is 1.47. The standard InChI is InChI=1S/C24H20ClF3N4O3/c1-29-22(33)21-12-18(6-8-30-21)35-17-4-2-14-7-9-32(13-15(14)10-17)23(34)31-16-3-5-20(25)19(11-16)24(26,27)28/h2-6,8,10-12H,7,9,13H2,1H3,(H,29,33)(H,31,34). The van der Waals surface area contributed by atoms with Gasteiger partial charge in [0.1, 0.15) is 17.2 Å². The second-order valence-corrected chi connectivity index (χ2v) is 8.19. The molecule has 2 N–H and O–H groups in total. The Morgan fingerprint density at radius 2 is 1.83 bits per heavy atom. The minimum atomic E-state index is -4.63. The van der Waals surface area contributed by atoms with Crippen molar-refractivity contribution in [3.63, 3.8) is 0 Å². The van der Waals surface area contributed by atoms with E-state index in [9.17, 15) is 22.8 Å². The number of halogens is 4. The zero-order chi connectivity index (χ0) is 25.2. The van der Waals surface area contributed by atoms with Crippen molar-refractivity contribution in [1.82, 2.24) is 15.2 Å². The Hall–Kier alpha value is -3.79. The van der Waals surface area contributed by atoms with Crippen molar-refractivity contribution in [3.8, 4) is 11.5 Å². The number of ether oxygens (including phenoxy) is 1. The molecule has 0 radical (unpaired) electrons. The van der Waals surface area contributed by atoms with Crippen LogP contribution in [0.25, 0.3) is 0 Å². The number of urea groups is 1. The van der Waals surface area contributed by atoms with Crippen LogP contribution in [0, 0.1) is 0 Å². The molecule has 7 nitrogen and oxygen atoms in total. The lowest BCUT2D eigenvalue weighted by molar-refractivity contribution is -0.137. The molecule has 1 aliphatic heterocycles. The van der Waals surface area contributed by atoms with Crippen molar-refractivity contribution in [1.29, 1.82) is 0 Å². The van der Waals surface area contributed by atoms with E-state index >= 15 is 0 Å². The van der Waals surface area contributed by atoms with E-state index in [0.717, 1.165) is 23.3 Å². The van der Waals surface area contributed by atoms with Crippen LogP contribution >= 0.6 is 11.6 Å². The van der Waals surface area contributed by atoms with Gasteiger partial charge in [-0.15, -0.1) is 0 Å². The van der Waals surface area contributed by atoms with Gasteiger partial charge in [0, 0.05) is 38.1 Å². The van der Waals surface area contributed by atoms with Gasteiger partial charge in [0.2, 0.25) is 0 Å². The summed E-state index contributed by atoms with van der Waals surface area (Å²) in [5.74, 6) is 0.588. The SMILES string of the molecule is CNC(=O)c1cc(Oc2ccc3c(c2)CN(C(=O)Nc2ccc(Cl)c(C(F)(F)F)c2)CC3)ccn1. The number of pyridine rings is 1. The second kappa shape index (κ2) is 9.83. The fraction of sp³-hybridized carbons (Fsp3) is 0.208. The maximum Gasteiger partial charge on any atom is 0.417 e. The molecule has 0 fully saturated rings. The first-order chi connectivity index (χ1) is 16.6. The van der Waals surface area contributed by atoms with Gasteiger partial charge in [-0.05, 0) is 53.9 Å². The van der Waals surface area contributed by atoms with E-state index in [1.54, 1.807) is 18.2 Å². The number of nitrogens with one attached hydrogen (secondary N) is 2. The summed E-state index contributed by atoms with van der Waals surface area (Å²) in [7, 11) is 1.51. The molecule has 11 heteroatoms. The smallest absolute Gasteiger partial charge is 0.417 e. The lowest BCUT2D eigenvalue weighted by atomic mass is 10.00. The number of aromatic nitrogens is 1. The quantitative estimate of drug-likeness (QED) is 0.492. The van der Waals surface area contributed by atoms with E-state index in [-0.39, 0.29) is 23.8 Å². The number of anilines is 1. The molecule has 0 spiro atoms. The molecule has 0 atom stereocenters. The Kier molecular flexibility index (Phi) is 6.83. The third kappa shape index (κ3) is 5.65. The van der Waals surface area contributed by atoms with Gasteiger partial charge in [0.25, 0.3) is 5.91 Å². The first-order valence-corrected chi connectivity index (χ1v) is 10.9. The summed E-state index contributed by atoms with van der Waals surface area (Å²) in [6.07, 6.45) is -2.59. The first-order valence-electron chi connectivity index (χ1n) is 10.5. The number of nitrogens with zero attached hydrogens (tertiary/aromatic N) is 2. The highest BCUT2D eigenvalue weighted by Crippen LogP contribution is 2.36. The summed E-state index contributed by atoms with van der Waals surface area (Å²) in [4.78, 5) is 30.0. The third-order valence-corrected chi connectivity index (χ3v) is 5.76. The summed E-state index contributed by atoms with van der Waals surface area (Å²) in [5, 5.41) is 4.57. The van der Waals surface area contributed by atoms with E-state index < -0.39 is 22.8 Å². The predicted molar refractivity (Wildman–Crippen MR) is 124 cm³/mol. The average molecular weight is 505 g/mol. The minimum Gasteiger partial charge on any atom is -0.457 e. The van der Waals surface area contributed by atoms with Gasteiger partial charge < -0.3 is 20.3 Å². The van der Waals surface area contributed by atoms with Crippen LogP contribution in [0.15, 0.2) is 54.7 Å². The van der Waals surface area contributed by atoms with E-state index in [4.69, 9.17) is 16.3 Å². The topological polar surface area (TPSA) is 83.6 Å². The van der Waals surface area contributed by atoms with Crippen LogP contribution in [0.1, 0.15) is 27.2 Å². The molecule has 35 heavy (non-hydrogen) atoms. The summed E-state index contributed by atoms with van der Waals surface area (Å²) in [5.41, 5.74) is 1.07. The molecule has 2 heterocycles. The maximum atomic E-state index is 13.1. The molecule has 3 aromatic rings. The zero-order valence-corrected chi connectivity index (χ0v) is 19.2. The third-order valence-electron chi connectivity index (χ3n) is 5.43. The number of carbonyl (C=O) groups is 2. The summed E-state index contributed by atoms with van der Waals surface area (Å²) in [6.45, 7) is 0.649. The molecular weight excluding hydrogens is 485 g/mol. The Morgan fingerprint density at radius 1 is 1.06 bits per heavy atom. The second-order valence-electron chi connectivity index (χ2n) is 7.78. The molecule has 3 amide bonds. The monoisotopic (exact) mass is 504 g/mol. The molecule has 0 saturated heterocycles. The normalized spacial score (nSPS) is 13.1. The highest BCUT2D eigenvalue weighted by Gasteiger charge is 2.33. The molecule has 1 aliphatic rings. The van der Waals surface area contributed by atoms with Crippen LogP contribution < -0.4 is 15.4 Å². The Morgan fingerprint density at radius 3 is 2.57 bits per heavy atom. The molecule has 2 aromatic carbocycles. The predicted octanol–water partition coefficient (Wildman–Crippen LogP) is 5.50. The molecule has 0 aliphatic carbocycles. The van der Waals surface area contributed by atoms with Crippen LogP contribution in [0.4, 0.5) is 23.7 Å². The van der Waals surface area contributed by atoms with E-state index in [1.165, 1.54) is 30.3 Å². The number of hydrogen-bond acceptors (Lipinski definition) is 4. The number of alkyl halides is 3.